The molecule has 0 amide bonds. The predicted molar refractivity (Wildman–Crippen MR) is 84.5 cm³/mol. The average Bonchev–Trinajstić information content (AvgIpc) is 3.24. The largest absolute Gasteiger partial charge is 0.508 e. The third kappa shape index (κ3) is 3.41. The summed E-state index contributed by atoms with van der Waals surface area (Å²) in [6, 6.07) is 7.70. The van der Waals surface area contributed by atoms with Crippen LogP contribution in [0, 0.1) is 11.3 Å². The fourth-order valence-electron chi connectivity index (χ4n) is 3.72. The Balaban J connectivity index is 1.76. The summed E-state index contributed by atoms with van der Waals surface area (Å²) in [7, 11) is 0. The van der Waals surface area contributed by atoms with Crippen LogP contribution in [-0.4, -0.2) is 30.9 Å². The lowest BCUT2D eigenvalue weighted by Crippen LogP contribution is -2.43. The molecule has 3 heteroatoms. The minimum Gasteiger partial charge on any atom is -0.508 e. The highest BCUT2D eigenvalue weighted by Gasteiger charge is 2.50. The maximum Gasteiger partial charge on any atom is 0.115 e. The molecule has 1 aromatic rings. The molecule has 1 aliphatic carbocycles. The first-order valence-corrected chi connectivity index (χ1v) is 8.34. The molecule has 0 spiro atoms. The summed E-state index contributed by atoms with van der Waals surface area (Å²) in [6.07, 6.45) is 6.43. The Morgan fingerprint density at radius 3 is 2.71 bits per heavy atom. The average molecular weight is 289 g/mol. The minimum absolute atomic E-state index is 0.229. The van der Waals surface area contributed by atoms with Gasteiger partial charge in [0.05, 0.1) is 6.10 Å². The fraction of sp³-hybridized carbons (Fsp3) is 0.667. The van der Waals surface area contributed by atoms with Crippen molar-refractivity contribution in [3.8, 4) is 5.75 Å². The van der Waals surface area contributed by atoms with Crippen LogP contribution in [-0.2, 0) is 11.2 Å². The zero-order valence-electron chi connectivity index (χ0n) is 13.0. The number of rotatable bonds is 7. The molecular formula is C18H27NO2. The summed E-state index contributed by atoms with van der Waals surface area (Å²) < 4.78 is 6.13. The molecule has 1 heterocycles. The van der Waals surface area contributed by atoms with Gasteiger partial charge in [0, 0.05) is 18.6 Å². The molecule has 2 N–H and O–H groups in total. The second-order valence-corrected chi connectivity index (χ2v) is 6.76. The van der Waals surface area contributed by atoms with Gasteiger partial charge in [0.2, 0.25) is 0 Å². The van der Waals surface area contributed by atoms with Crippen molar-refractivity contribution in [2.75, 3.05) is 19.7 Å². The zero-order valence-corrected chi connectivity index (χ0v) is 13.0. The van der Waals surface area contributed by atoms with E-state index in [1.807, 2.05) is 0 Å². The first-order chi connectivity index (χ1) is 10.2. The van der Waals surface area contributed by atoms with E-state index in [9.17, 15) is 5.11 Å². The summed E-state index contributed by atoms with van der Waals surface area (Å²) in [5.74, 6) is 1.12. The Morgan fingerprint density at radius 1 is 1.29 bits per heavy atom. The van der Waals surface area contributed by atoms with Crippen LogP contribution in [0.25, 0.3) is 0 Å². The molecule has 1 saturated heterocycles. The van der Waals surface area contributed by atoms with Gasteiger partial charge in [0.1, 0.15) is 5.75 Å². The topological polar surface area (TPSA) is 41.5 Å². The van der Waals surface area contributed by atoms with Crippen molar-refractivity contribution in [2.24, 2.45) is 11.3 Å². The van der Waals surface area contributed by atoms with E-state index in [2.05, 4.69) is 24.4 Å². The number of aromatic hydroxyl groups is 1. The number of ether oxygens (including phenoxy) is 1. The van der Waals surface area contributed by atoms with Gasteiger partial charge in [0.25, 0.3) is 0 Å². The summed E-state index contributed by atoms with van der Waals surface area (Å²) in [4.78, 5) is 0. The van der Waals surface area contributed by atoms with Gasteiger partial charge in [-0.25, -0.2) is 0 Å². The predicted octanol–water partition coefficient (Wildman–Crippen LogP) is 3.12. The quantitative estimate of drug-likeness (QED) is 0.758. The fourth-order valence-corrected chi connectivity index (χ4v) is 3.72. The van der Waals surface area contributed by atoms with E-state index in [1.165, 1.54) is 24.8 Å². The number of hydrogen-bond donors (Lipinski definition) is 2. The maximum absolute atomic E-state index is 9.47. The third-order valence-corrected chi connectivity index (χ3v) is 4.95. The Labute approximate surface area is 127 Å². The molecule has 0 radical (unpaired) electrons. The van der Waals surface area contributed by atoms with Gasteiger partial charge in [-0.2, -0.15) is 0 Å². The van der Waals surface area contributed by atoms with Crippen LogP contribution >= 0.6 is 0 Å². The zero-order chi connectivity index (χ0) is 14.7. The molecule has 1 aromatic carbocycles. The van der Waals surface area contributed by atoms with E-state index in [1.54, 1.807) is 12.1 Å². The van der Waals surface area contributed by atoms with E-state index in [0.717, 1.165) is 38.5 Å². The van der Waals surface area contributed by atoms with Gasteiger partial charge in [-0.1, -0.05) is 19.1 Å². The molecule has 21 heavy (non-hydrogen) atoms. The van der Waals surface area contributed by atoms with Crippen molar-refractivity contribution in [3.63, 3.8) is 0 Å². The minimum atomic E-state index is 0.229. The lowest BCUT2D eigenvalue weighted by molar-refractivity contribution is 0.0307. The van der Waals surface area contributed by atoms with Crippen LogP contribution in [0.1, 0.15) is 38.2 Å². The van der Waals surface area contributed by atoms with Crippen LogP contribution in [0.2, 0.25) is 0 Å². The van der Waals surface area contributed by atoms with Crippen molar-refractivity contribution in [1.29, 1.82) is 0 Å². The smallest absolute Gasteiger partial charge is 0.115 e. The van der Waals surface area contributed by atoms with Crippen LogP contribution in [0.3, 0.4) is 0 Å². The SMILES string of the molecule is CCCNCC1(Cc2ccc(O)cc2)CCOC1C1CC1. The normalized spacial score (nSPS) is 28.9. The molecule has 1 saturated carbocycles. The van der Waals surface area contributed by atoms with Gasteiger partial charge in [0.15, 0.2) is 0 Å². The Hall–Kier alpha value is -1.06. The van der Waals surface area contributed by atoms with Gasteiger partial charge < -0.3 is 15.2 Å². The Kier molecular flexibility index (Phi) is 4.51. The van der Waals surface area contributed by atoms with Crippen molar-refractivity contribution >= 4 is 0 Å². The van der Waals surface area contributed by atoms with Crippen LogP contribution in [0.4, 0.5) is 0 Å². The van der Waals surface area contributed by atoms with Crippen LogP contribution < -0.4 is 5.32 Å². The van der Waals surface area contributed by atoms with Gasteiger partial charge in [-0.3, -0.25) is 0 Å². The van der Waals surface area contributed by atoms with E-state index >= 15 is 0 Å². The van der Waals surface area contributed by atoms with Crippen molar-refractivity contribution in [2.45, 2.75) is 45.1 Å². The molecular weight excluding hydrogens is 262 g/mol. The molecule has 0 bridgehead atoms. The van der Waals surface area contributed by atoms with Crippen molar-refractivity contribution < 1.29 is 9.84 Å². The number of nitrogens with one attached hydrogen (secondary N) is 1. The first-order valence-electron chi connectivity index (χ1n) is 8.34. The Bertz CT molecular complexity index is 455. The molecule has 3 rings (SSSR count). The molecule has 0 aromatic heterocycles. The lowest BCUT2D eigenvalue weighted by atomic mass is 9.74. The van der Waals surface area contributed by atoms with Gasteiger partial charge in [-0.05, 0) is 62.3 Å². The van der Waals surface area contributed by atoms with E-state index in [4.69, 9.17) is 4.74 Å². The summed E-state index contributed by atoms with van der Waals surface area (Å²) in [5.41, 5.74) is 1.54. The number of hydrogen-bond acceptors (Lipinski definition) is 3. The number of benzene rings is 1. The second-order valence-electron chi connectivity index (χ2n) is 6.76. The molecule has 2 atom stereocenters. The summed E-state index contributed by atoms with van der Waals surface area (Å²) >= 11 is 0. The highest BCUT2D eigenvalue weighted by molar-refractivity contribution is 5.27. The molecule has 3 nitrogen and oxygen atoms in total. The number of phenolic OH excluding ortho intramolecular Hbond substituents is 1. The van der Waals surface area contributed by atoms with E-state index in [-0.39, 0.29) is 5.41 Å². The van der Waals surface area contributed by atoms with Gasteiger partial charge >= 0.3 is 0 Å². The molecule has 116 valence electrons. The van der Waals surface area contributed by atoms with Crippen molar-refractivity contribution in [3.05, 3.63) is 29.8 Å². The highest BCUT2D eigenvalue weighted by Crippen LogP contribution is 2.49. The maximum atomic E-state index is 9.47. The van der Waals surface area contributed by atoms with Gasteiger partial charge in [-0.15, -0.1) is 0 Å². The molecule has 2 unspecified atom stereocenters. The van der Waals surface area contributed by atoms with Crippen LogP contribution in [0.5, 0.6) is 5.75 Å². The summed E-state index contributed by atoms with van der Waals surface area (Å²) in [5, 5.41) is 13.1. The van der Waals surface area contributed by atoms with E-state index in [0.29, 0.717) is 11.9 Å². The summed E-state index contributed by atoms with van der Waals surface area (Å²) in [6.45, 7) is 5.23. The van der Waals surface area contributed by atoms with Crippen LogP contribution in [0.15, 0.2) is 24.3 Å². The first kappa shape index (κ1) is 14.9. The van der Waals surface area contributed by atoms with E-state index < -0.39 is 0 Å². The monoisotopic (exact) mass is 289 g/mol. The lowest BCUT2D eigenvalue weighted by Gasteiger charge is -2.35. The van der Waals surface area contributed by atoms with Crippen molar-refractivity contribution in [1.82, 2.24) is 5.32 Å². The number of phenols is 1. The molecule has 2 aliphatic rings. The Morgan fingerprint density at radius 2 is 2.05 bits per heavy atom. The second kappa shape index (κ2) is 6.37. The third-order valence-electron chi connectivity index (χ3n) is 4.95. The molecule has 1 aliphatic heterocycles. The standard InChI is InChI=1S/C18H27NO2/c1-2-10-19-13-18(9-11-21-17(18)15-5-6-15)12-14-3-7-16(20)8-4-14/h3-4,7-8,15,17,19-20H,2,5-6,9-13H2,1H3. The highest BCUT2D eigenvalue weighted by atomic mass is 16.5. The molecule has 2 fully saturated rings.